The van der Waals surface area contributed by atoms with Gasteiger partial charge in [-0.05, 0) is 38.0 Å². The molecule has 1 aliphatic heterocycles. The van der Waals surface area contributed by atoms with Gasteiger partial charge in [0.05, 0.1) is 11.0 Å². The second kappa shape index (κ2) is 5.45. The Hall–Kier alpha value is -2.67. The zero-order chi connectivity index (χ0) is 17.5. The summed E-state index contributed by atoms with van der Waals surface area (Å²) in [5.41, 5.74) is -0.316. The molecule has 0 saturated heterocycles. The lowest BCUT2D eigenvalue weighted by atomic mass is 9.56. The number of benzene rings is 1. The van der Waals surface area contributed by atoms with E-state index >= 15 is 0 Å². The summed E-state index contributed by atoms with van der Waals surface area (Å²) in [4.78, 5) is 27.9. The summed E-state index contributed by atoms with van der Waals surface area (Å²) in [6.07, 6.45) is 3.56. The summed E-state index contributed by atoms with van der Waals surface area (Å²) in [5, 5.41) is 9.47. The molecular formula is C20H20N2O2. The number of nitriles is 1. The van der Waals surface area contributed by atoms with Crippen LogP contribution in [0.5, 0.6) is 0 Å². The molecule has 0 radical (unpaired) electrons. The van der Waals surface area contributed by atoms with Crippen molar-refractivity contribution in [2.24, 2.45) is 5.41 Å². The smallest absolute Gasteiger partial charge is 0.241 e. The molecule has 2 aliphatic rings. The SMILES string of the molecule is CCN1CC=C2C(C)(C)C(=O)C(C#N)=C[C@@]2(c2ccccc2)C1=O. The molecule has 1 aromatic carbocycles. The van der Waals surface area contributed by atoms with Gasteiger partial charge >= 0.3 is 0 Å². The Labute approximate surface area is 142 Å². The van der Waals surface area contributed by atoms with Crippen LogP contribution in [0.15, 0.2) is 53.6 Å². The Bertz CT molecular complexity index is 812. The molecule has 0 N–H and O–H groups in total. The van der Waals surface area contributed by atoms with E-state index in [4.69, 9.17) is 0 Å². The second-order valence-corrected chi connectivity index (χ2v) is 6.76. The van der Waals surface area contributed by atoms with Crippen molar-refractivity contribution < 1.29 is 9.59 Å². The highest BCUT2D eigenvalue weighted by Gasteiger charge is 2.56. The maximum absolute atomic E-state index is 13.4. The number of ketones is 1. The van der Waals surface area contributed by atoms with Crippen LogP contribution < -0.4 is 0 Å². The molecule has 1 atom stereocenters. The largest absolute Gasteiger partial charge is 0.338 e. The van der Waals surface area contributed by atoms with E-state index in [1.54, 1.807) is 24.8 Å². The lowest BCUT2D eigenvalue weighted by Gasteiger charge is -2.48. The number of rotatable bonds is 2. The number of nitrogens with zero attached hydrogens (tertiary/aromatic N) is 2. The molecule has 0 bridgehead atoms. The van der Waals surface area contributed by atoms with Gasteiger partial charge in [0, 0.05) is 13.1 Å². The minimum Gasteiger partial charge on any atom is -0.338 e. The van der Waals surface area contributed by atoms with Crippen LogP contribution in [0.2, 0.25) is 0 Å². The number of fused-ring (bicyclic) bond motifs is 1. The normalized spacial score (nSPS) is 25.5. The van der Waals surface area contributed by atoms with E-state index in [1.807, 2.05) is 49.4 Å². The highest BCUT2D eigenvalue weighted by atomic mass is 16.2. The monoisotopic (exact) mass is 320 g/mol. The minimum atomic E-state index is -1.07. The van der Waals surface area contributed by atoms with Gasteiger partial charge in [0.25, 0.3) is 0 Å². The van der Waals surface area contributed by atoms with Crippen molar-refractivity contribution in [1.82, 2.24) is 4.90 Å². The molecule has 1 aromatic rings. The lowest BCUT2D eigenvalue weighted by molar-refractivity contribution is -0.136. The number of carbonyl (C=O) groups excluding carboxylic acids is 2. The number of carbonyl (C=O) groups is 2. The van der Waals surface area contributed by atoms with Crippen LogP contribution in [-0.4, -0.2) is 29.7 Å². The Morgan fingerprint density at radius 2 is 1.88 bits per heavy atom. The molecule has 1 heterocycles. The first-order chi connectivity index (χ1) is 11.4. The van der Waals surface area contributed by atoms with Crippen LogP contribution in [0.1, 0.15) is 26.3 Å². The molecule has 3 rings (SSSR count). The Kier molecular flexibility index (Phi) is 3.68. The summed E-state index contributed by atoms with van der Waals surface area (Å²) in [7, 11) is 0. The zero-order valence-corrected chi connectivity index (χ0v) is 14.2. The molecule has 0 saturated carbocycles. The first-order valence-corrected chi connectivity index (χ1v) is 8.13. The van der Waals surface area contributed by atoms with Crippen molar-refractivity contribution in [2.75, 3.05) is 13.1 Å². The molecule has 0 spiro atoms. The van der Waals surface area contributed by atoms with E-state index in [-0.39, 0.29) is 17.3 Å². The summed E-state index contributed by atoms with van der Waals surface area (Å²) in [6.45, 7) is 6.62. The minimum absolute atomic E-state index is 0.0623. The molecular weight excluding hydrogens is 300 g/mol. The summed E-state index contributed by atoms with van der Waals surface area (Å²) in [5.74, 6) is -0.289. The fourth-order valence-corrected chi connectivity index (χ4v) is 3.86. The summed E-state index contributed by atoms with van der Waals surface area (Å²) < 4.78 is 0. The maximum Gasteiger partial charge on any atom is 0.241 e. The Morgan fingerprint density at radius 3 is 2.46 bits per heavy atom. The van der Waals surface area contributed by atoms with Crippen molar-refractivity contribution >= 4 is 11.7 Å². The van der Waals surface area contributed by atoms with E-state index in [9.17, 15) is 14.9 Å². The summed E-state index contributed by atoms with van der Waals surface area (Å²) >= 11 is 0. The fourth-order valence-electron chi connectivity index (χ4n) is 3.86. The zero-order valence-electron chi connectivity index (χ0n) is 14.2. The van der Waals surface area contributed by atoms with Crippen LogP contribution >= 0.6 is 0 Å². The van der Waals surface area contributed by atoms with Gasteiger partial charge in [0.15, 0.2) is 5.78 Å². The molecule has 0 aromatic heterocycles. The van der Waals surface area contributed by atoms with Crippen LogP contribution in [0.3, 0.4) is 0 Å². The standard InChI is InChI=1S/C20H20N2O2/c1-4-22-11-10-16-19(2,3)17(23)14(13-21)12-20(16,18(22)24)15-8-6-5-7-9-15/h5-10,12H,4,11H2,1-3H3/t20-/m0/s1. The summed E-state index contributed by atoms with van der Waals surface area (Å²) in [6, 6.07) is 11.4. The highest BCUT2D eigenvalue weighted by Crippen LogP contribution is 2.51. The number of hydrogen-bond donors (Lipinski definition) is 0. The van der Waals surface area contributed by atoms with Gasteiger partial charge in [-0.3, -0.25) is 9.59 Å². The van der Waals surface area contributed by atoms with Crippen LogP contribution in [-0.2, 0) is 15.0 Å². The van der Waals surface area contributed by atoms with Crippen LogP contribution in [0.25, 0.3) is 0 Å². The third kappa shape index (κ3) is 1.98. The first-order valence-electron chi connectivity index (χ1n) is 8.13. The third-order valence-corrected chi connectivity index (χ3v) is 5.14. The number of Topliss-reactive ketones (excluding diaryl/α,β-unsaturated/α-hetero) is 1. The highest BCUT2D eigenvalue weighted by molar-refractivity contribution is 6.11. The van der Waals surface area contributed by atoms with Gasteiger partial charge < -0.3 is 4.90 Å². The van der Waals surface area contributed by atoms with Gasteiger partial charge in [0.1, 0.15) is 11.5 Å². The van der Waals surface area contributed by atoms with Gasteiger partial charge in [-0.1, -0.05) is 36.4 Å². The topological polar surface area (TPSA) is 61.2 Å². The molecule has 4 heteroatoms. The Balaban J connectivity index is 2.40. The first kappa shape index (κ1) is 16.2. The van der Waals surface area contributed by atoms with Crippen LogP contribution in [0.4, 0.5) is 0 Å². The number of amides is 1. The predicted molar refractivity (Wildman–Crippen MR) is 90.9 cm³/mol. The average molecular weight is 320 g/mol. The van der Waals surface area contributed by atoms with Gasteiger partial charge in [-0.25, -0.2) is 0 Å². The molecule has 1 aliphatic carbocycles. The van der Waals surface area contributed by atoms with Gasteiger partial charge in [-0.2, -0.15) is 5.26 Å². The third-order valence-electron chi connectivity index (χ3n) is 5.14. The van der Waals surface area contributed by atoms with Gasteiger partial charge in [0.2, 0.25) is 5.91 Å². The Morgan fingerprint density at radius 1 is 1.21 bits per heavy atom. The quantitative estimate of drug-likeness (QED) is 0.787. The number of hydrogen-bond acceptors (Lipinski definition) is 3. The van der Waals surface area contributed by atoms with E-state index in [2.05, 4.69) is 0 Å². The van der Waals surface area contributed by atoms with Crippen LogP contribution in [0, 0.1) is 16.7 Å². The molecule has 1 amide bonds. The molecule has 0 unspecified atom stereocenters. The average Bonchev–Trinajstić information content (AvgIpc) is 2.60. The maximum atomic E-state index is 13.4. The molecule has 0 fully saturated rings. The van der Waals surface area contributed by atoms with Crippen molar-refractivity contribution in [2.45, 2.75) is 26.2 Å². The van der Waals surface area contributed by atoms with Gasteiger partial charge in [-0.15, -0.1) is 0 Å². The number of likely N-dealkylation sites (N-methyl/N-ethyl adjacent to an activating group) is 1. The van der Waals surface area contributed by atoms with E-state index in [0.29, 0.717) is 13.1 Å². The second-order valence-electron chi connectivity index (χ2n) is 6.76. The molecule has 4 nitrogen and oxygen atoms in total. The van der Waals surface area contributed by atoms with E-state index in [1.165, 1.54) is 0 Å². The van der Waals surface area contributed by atoms with E-state index < -0.39 is 10.8 Å². The van der Waals surface area contributed by atoms with Crippen molar-refractivity contribution in [1.29, 1.82) is 5.26 Å². The van der Waals surface area contributed by atoms with Crippen molar-refractivity contribution in [3.8, 4) is 6.07 Å². The molecule has 122 valence electrons. The molecule has 24 heavy (non-hydrogen) atoms. The van der Waals surface area contributed by atoms with Crippen molar-refractivity contribution in [3.63, 3.8) is 0 Å². The van der Waals surface area contributed by atoms with E-state index in [0.717, 1.165) is 11.1 Å². The predicted octanol–water partition coefficient (Wildman–Crippen LogP) is 2.77. The lowest BCUT2D eigenvalue weighted by Crippen LogP contribution is -2.56. The fraction of sp³-hybridized carbons (Fsp3) is 0.350. The van der Waals surface area contributed by atoms with Crippen molar-refractivity contribution in [3.05, 3.63) is 59.2 Å². The number of allylic oxidation sites excluding steroid dienone is 1.